The molecule has 0 bridgehead atoms. The molecule has 1 aromatic carbocycles. The summed E-state index contributed by atoms with van der Waals surface area (Å²) in [6.45, 7) is 9.25. The molecule has 0 saturated carbocycles. The van der Waals surface area contributed by atoms with Crippen LogP contribution in [0.15, 0.2) is 18.2 Å². The Balaban J connectivity index is 2.57. The molecule has 25 heavy (non-hydrogen) atoms. The van der Waals surface area contributed by atoms with E-state index in [-0.39, 0.29) is 11.9 Å². The van der Waals surface area contributed by atoms with Gasteiger partial charge in [-0.3, -0.25) is 4.79 Å². The average molecular weight is 349 g/mol. The third-order valence-electron chi connectivity index (χ3n) is 4.06. The van der Waals surface area contributed by atoms with Crippen molar-refractivity contribution in [1.82, 2.24) is 15.1 Å². The lowest BCUT2D eigenvalue weighted by Gasteiger charge is -2.26. The van der Waals surface area contributed by atoms with Crippen molar-refractivity contribution in [2.24, 2.45) is 0 Å². The molecule has 3 amide bonds. The molecule has 0 aliphatic rings. The summed E-state index contributed by atoms with van der Waals surface area (Å²) in [5, 5.41) is 2.81. The average Bonchev–Trinajstić information content (AvgIpc) is 2.57. The van der Waals surface area contributed by atoms with Gasteiger partial charge in [0.1, 0.15) is 18.4 Å². The Morgan fingerprint density at radius 3 is 2.40 bits per heavy atom. The number of nitrogens with zero attached hydrogens (tertiary/aromatic N) is 2. The summed E-state index contributed by atoms with van der Waals surface area (Å²) in [5.41, 5.74) is 2.27. The number of amides is 3. The molecule has 0 heterocycles. The van der Waals surface area contributed by atoms with E-state index in [4.69, 9.17) is 4.74 Å². The Hall–Kier alpha value is -2.24. The number of hydrogen-bond acceptors (Lipinski definition) is 3. The minimum atomic E-state index is -0.503. The topological polar surface area (TPSA) is 61.9 Å². The molecule has 1 N–H and O–H groups in total. The number of benzene rings is 1. The standard InChI is InChI=1S/C19H31N3O3/c1-7-16(18(23)21(5)6)20-19(24)22(8-2)11-12-25-17-10-9-14(3)13-15(17)4/h9-10,13,16H,7-8,11-12H2,1-6H3,(H,20,24)/t16-/m1/s1. The lowest BCUT2D eigenvalue weighted by molar-refractivity contribution is -0.130. The first-order valence-electron chi connectivity index (χ1n) is 8.76. The van der Waals surface area contributed by atoms with Gasteiger partial charge >= 0.3 is 6.03 Å². The van der Waals surface area contributed by atoms with Crippen molar-refractivity contribution >= 4 is 11.9 Å². The smallest absolute Gasteiger partial charge is 0.318 e. The molecule has 6 nitrogen and oxygen atoms in total. The van der Waals surface area contributed by atoms with E-state index in [9.17, 15) is 9.59 Å². The highest BCUT2D eigenvalue weighted by Crippen LogP contribution is 2.18. The van der Waals surface area contributed by atoms with Gasteiger partial charge in [0.2, 0.25) is 5.91 Å². The number of hydrogen-bond donors (Lipinski definition) is 1. The molecule has 0 aliphatic carbocycles. The molecule has 0 radical (unpaired) electrons. The summed E-state index contributed by atoms with van der Waals surface area (Å²) < 4.78 is 5.79. The van der Waals surface area contributed by atoms with Crippen LogP contribution in [0.3, 0.4) is 0 Å². The third-order valence-corrected chi connectivity index (χ3v) is 4.06. The zero-order valence-electron chi connectivity index (χ0n) is 16.3. The maximum atomic E-state index is 12.4. The number of carbonyl (C=O) groups excluding carboxylic acids is 2. The van der Waals surface area contributed by atoms with Gasteiger partial charge in [-0.25, -0.2) is 4.79 Å². The number of carbonyl (C=O) groups is 2. The van der Waals surface area contributed by atoms with E-state index in [1.165, 1.54) is 10.5 Å². The molecule has 0 aliphatic heterocycles. The first-order valence-corrected chi connectivity index (χ1v) is 8.76. The minimum Gasteiger partial charge on any atom is -0.491 e. The molecule has 1 aromatic rings. The number of rotatable bonds is 8. The van der Waals surface area contributed by atoms with Crippen molar-refractivity contribution in [3.63, 3.8) is 0 Å². The molecule has 0 aromatic heterocycles. The van der Waals surface area contributed by atoms with Crippen LogP contribution in [0.4, 0.5) is 4.79 Å². The van der Waals surface area contributed by atoms with Crippen LogP contribution in [0.5, 0.6) is 5.75 Å². The van der Waals surface area contributed by atoms with Gasteiger partial charge in [-0.1, -0.05) is 24.6 Å². The largest absolute Gasteiger partial charge is 0.491 e. The van der Waals surface area contributed by atoms with Gasteiger partial charge in [0, 0.05) is 20.6 Å². The van der Waals surface area contributed by atoms with E-state index in [0.717, 1.165) is 11.3 Å². The van der Waals surface area contributed by atoms with Crippen LogP contribution in [0.2, 0.25) is 0 Å². The highest BCUT2D eigenvalue weighted by molar-refractivity contribution is 5.86. The SMILES string of the molecule is CC[C@@H](NC(=O)N(CC)CCOc1ccc(C)cc1C)C(=O)N(C)C. The zero-order chi connectivity index (χ0) is 19.0. The van der Waals surface area contributed by atoms with E-state index < -0.39 is 6.04 Å². The number of ether oxygens (including phenoxy) is 1. The van der Waals surface area contributed by atoms with E-state index in [2.05, 4.69) is 11.4 Å². The fourth-order valence-corrected chi connectivity index (χ4v) is 2.52. The highest BCUT2D eigenvalue weighted by Gasteiger charge is 2.22. The lowest BCUT2D eigenvalue weighted by Crippen LogP contribution is -2.51. The van der Waals surface area contributed by atoms with Crippen LogP contribution in [0.25, 0.3) is 0 Å². The minimum absolute atomic E-state index is 0.0987. The van der Waals surface area contributed by atoms with Crippen molar-refractivity contribution in [2.45, 2.75) is 40.2 Å². The normalized spacial score (nSPS) is 11.6. The number of nitrogens with one attached hydrogen (secondary N) is 1. The molecule has 0 spiro atoms. The first-order chi connectivity index (χ1) is 11.8. The van der Waals surface area contributed by atoms with Crippen molar-refractivity contribution in [2.75, 3.05) is 33.8 Å². The van der Waals surface area contributed by atoms with Gasteiger partial charge in [-0.05, 0) is 38.8 Å². The molecule has 0 fully saturated rings. The molecule has 1 rings (SSSR count). The summed E-state index contributed by atoms with van der Waals surface area (Å²) in [5.74, 6) is 0.731. The van der Waals surface area contributed by atoms with Gasteiger partial charge < -0.3 is 19.9 Å². The van der Waals surface area contributed by atoms with Crippen LogP contribution in [0.1, 0.15) is 31.4 Å². The second-order valence-corrected chi connectivity index (χ2v) is 6.34. The summed E-state index contributed by atoms with van der Waals surface area (Å²) in [4.78, 5) is 27.6. The Labute approximate surface area is 151 Å². The van der Waals surface area contributed by atoms with Crippen molar-refractivity contribution < 1.29 is 14.3 Å². The summed E-state index contributed by atoms with van der Waals surface area (Å²) in [7, 11) is 3.37. The Bertz CT molecular complexity index is 587. The molecular formula is C19H31N3O3. The second-order valence-electron chi connectivity index (χ2n) is 6.34. The van der Waals surface area contributed by atoms with Gasteiger partial charge in [0.05, 0.1) is 6.54 Å². The van der Waals surface area contributed by atoms with Gasteiger partial charge in [0.15, 0.2) is 0 Å². The van der Waals surface area contributed by atoms with Crippen molar-refractivity contribution in [3.05, 3.63) is 29.3 Å². The molecular weight excluding hydrogens is 318 g/mol. The summed E-state index contributed by atoms with van der Waals surface area (Å²) >= 11 is 0. The molecule has 140 valence electrons. The number of aryl methyl sites for hydroxylation is 2. The quantitative estimate of drug-likeness (QED) is 0.785. The highest BCUT2D eigenvalue weighted by atomic mass is 16.5. The molecule has 0 unspecified atom stereocenters. The Kier molecular flexibility index (Phi) is 8.25. The molecule has 0 saturated heterocycles. The molecule has 1 atom stereocenters. The van der Waals surface area contributed by atoms with Crippen LogP contribution in [-0.2, 0) is 4.79 Å². The van der Waals surface area contributed by atoms with Crippen LogP contribution >= 0.6 is 0 Å². The lowest BCUT2D eigenvalue weighted by atomic mass is 10.1. The maximum absolute atomic E-state index is 12.4. The van der Waals surface area contributed by atoms with Crippen LogP contribution < -0.4 is 10.1 Å². The number of urea groups is 1. The fraction of sp³-hybridized carbons (Fsp3) is 0.579. The van der Waals surface area contributed by atoms with Crippen molar-refractivity contribution in [3.8, 4) is 5.75 Å². The third kappa shape index (κ3) is 6.29. The predicted molar refractivity (Wildman–Crippen MR) is 100.0 cm³/mol. The first kappa shape index (κ1) is 20.8. The second kappa shape index (κ2) is 9.91. The predicted octanol–water partition coefficient (Wildman–Crippen LogP) is 2.58. The fourth-order valence-electron chi connectivity index (χ4n) is 2.52. The Morgan fingerprint density at radius 1 is 1.20 bits per heavy atom. The summed E-state index contributed by atoms with van der Waals surface area (Å²) in [6.07, 6.45) is 0.555. The van der Waals surface area contributed by atoms with E-state index >= 15 is 0 Å². The van der Waals surface area contributed by atoms with E-state index in [1.807, 2.05) is 39.8 Å². The van der Waals surface area contributed by atoms with Gasteiger partial charge in [-0.2, -0.15) is 0 Å². The van der Waals surface area contributed by atoms with Gasteiger partial charge in [0.25, 0.3) is 0 Å². The summed E-state index contributed by atoms with van der Waals surface area (Å²) in [6, 6.07) is 5.28. The van der Waals surface area contributed by atoms with Crippen LogP contribution in [-0.4, -0.2) is 61.6 Å². The van der Waals surface area contributed by atoms with E-state index in [0.29, 0.717) is 26.1 Å². The van der Waals surface area contributed by atoms with Gasteiger partial charge in [-0.15, -0.1) is 0 Å². The maximum Gasteiger partial charge on any atom is 0.318 e. The number of likely N-dealkylation sites (N-methyl/N-ethyl adjacent to an activating group) is 2. The van der Waals surface area contributed by atoms with Crippen LogP contribution in [0, 0.1) is 13.8 Å². The molecule has 6 heteroatoms. The van der Waals surface area contributed by atoms with Crippen molar-refractivity contribution in [1.29, 1.82) is 0 Å². The monoisotopic (exact) mass is 349 g/mol. The zero-order valence-corrected chi connectivity index (χ0v) is 16.3. The van der Waals surface area contributed by atoms with E-state index in [1.54, 1.807) is 19.0 Å². The Morgan fingerprint density at radius 2 is 1.88 bits per heavy atom.